The monoisotopic (exact) mass is 205 g/mol. The third-order valence-corrected chi connectivity index (χ3v) is 2.85. The largest absolute Gasteiger partial charge is 0.377 e. The summed E-state index contributed by atoms with van der Waals surface area (Å²) >= 11 is 0. The van der Waals surface area contributed by atoms with Crippen molar-refractivity contribution in [3.63, 3.8) is 0 Å². The number of hydrogen-bond acceptors (Lipinski definition) is 2. The number of nitrogens with one attached hydrogen (secondary N) is 1. The molecular weight excluding hydrogens is 186 g/mol. The van der Waals surface area contributed by atoms with Gasteiger partial charge in [-0.15, -0.1) is 0 Å². The lowest BCUT2D eigenvalue weighted by Crippen LogP contribution is -2.24. The zero-order valence-electron chi connectivity index (χ0n) is 9.38. The van der Waals surface area contributed by atoms with Gasteiger partial charge in [0.05, 0.1) is 6.61 Å². The van der Waals surface area contributed by atoms with Gasteiger partial charge >= 0.3 is 0 Å². The molecule has 0 unspecified atom stereocenters. The fraction of sp³-hybridized carbons (Fsp3) is 0.538. The van der Waals surface area contributed by atoms with Crippen LogP contribution in [0.3, 0.4) is 0 Å². The van der Waals surface area contributed by atoms with Crippen LogP contribution in [-0.2, 0) is 24.3 Å². The Morgan fingerprint density at radius 1 is 1.40 bits per heavy atom. The predicted octanol–water partition coefficient (Wildman–Crippen LogP) is 2.26. The smallest absolute Gasteiger partial charge is 0.0720 e. The molecule has 1 N–H and O–H groups in total. The second-order valence-corrected chi connectivity index (χ2v) is 4.03. The van der Waals surface area contributed by atoms with Gasteiger partial charge in [0.1, 0.15) is 0 Å². The van der Waals surface area contributed by atoms with Gasteiger partial charge in [-0.2, -0.15) is 0 Å². The molecule has 82 valence electrons. The molecule has 0 fully saturated rings. The highest BCUT2D eigenvalue weighted by atomic mass is 16.5. The topological polar surface area (TPSA) is 21.3 Å². The van der Waals surface area contributed by atoms with Gasteiger partial charge in [0, 0.05) is 13.2 Å². The Hall–Kier alpha value is -0.860. The highest BCUT2D eigenvalue weighted by molar-refractivity contribution is 5.36. The molecule has 1 aromatic carbocycles. The van der Waals surface area contributed by atoms with Crippen molar-refractivity contribution in [2.75, 3.05) is 13.2 Å². The van der Waals surface area contributed by atoms with Gasteiger partial charge in [-0.3, -0.25) is 0 Å². The Balaban J connectivity index is 2.09. The third kappa shape index (κ3) is 2.58. The van der Waals surface area contributed by atoms with Crippen LogP contribution in [0.4, 0.5) is 0 Å². The molecule has 0 amide bonds. The van der Waals surface area contributed by atoms with E-state index in [-0.39, 0.29) is 0 Å². The van der Waals surface area contributed by atoms with E-state index in [2.05, 4.69) is 30.4 Å². The highest BCUT2D eigenvalue weighted by Gasteiger charge is 2.11. The van der Waals surface area contributed by atoms with E-state index in [1.807, 2.05) is 0 Å². The minimum Gasteiger partial charge on any atom is -0.377 e. The van der Waals surface area contributed by atoms with Gasteiger partial charge in [0.15, 0.2) is 0 Å². The first kappa shape index (κ1) is 10.7. The summed E-state index contributed by atoms with van der Waals surface area (Å²) < 4.78 is 5.61. The van der Waals surface area contributed by atoms with Crippen LogP contribution in [0.5, 0.6) is 0 Å². The Kier molecular flexibility index (Phi) is 3.75. The fourth-order valence-electron chi connectivity index (χ4n) is 2.05. The van der Waals surface area contributed by atoms with E-state index >= 15 is 0 Å². The van der Waals surface area contributed by atoms with E-state index in [0.717, 1.165) is 39.1 Å². The molecule has 15 heavy (non-hydrogen) atoms. The normalized spacial score (nSPS) is 15.0. The molecule has 0 aromatic heterocycles. The lowest BCUT2D eigenvalue weighted by molar-refractivity contribution is 0.120. The van der Waals surface area contributed by atoms with Crippen LogP contribution < -0.4 is 5.32 Å². The molecular formula is C13H19NO. The molecule has 1 aromatic rings. The van der Waals surface area contributed by atoms with Crippen LogP contribution in [0, 0.1) is 0 Å². The summed E-state index contributed by atoms with van der Waals surface area (Å²) in [6, 6.07) is 6.57. The van der Waals surface area contributed by atoms with Crippen LogP contribution in [0.25, 0.3) is 0 Å². The summed E-state index contributed by atoms with van der Waals surface area (Å²) in [7, 11) is 0. The summed E-state index contributed by atoms with van der Waals surface area (Å²) in [6.07, 6.45) is 2.24. The molecule has 2 nitrogen and oxygen atoms in total. The maximum Gasteiger partial charge on any atom is 0.0720 e. The number of benzene rings is 1. The molecule has 1 aliphatic heterocycles. The third-order valence-electron chi connectivity index (χ3n) is 2.85. The van der Waals surface area contributed by atoms with E-state index in [4.69, 9.17) is 4.74 Å². The van der Waals surface area contributed by atoms with Crippen molar-refractivity contribution >= 4 is 0 Å². The number of hydrogen-bond donors (Lipinski definition) is 1. The number of rotatable bonds is 4. The van der Waals surface area contributed by atoms with Gasteiger partial charge < -0.3 is 10.1 Å². The van der Waals surface area contributed by atoms with E-state index in [0.29, 0.717) is 0 Å². The molecule has 0 radical (unpaired) electrons. The first-order valence-corrected chi connectivity index (χ1v) is 5.80. The van der Waals surface area contributed by atoms with E-state index in [1.165, 1.54) is 16.7 Å². The second kappa shape index (κ2) is 5.29. The van der Waals surface area contributed by atoms with Crippen LogP contribution in [0.15, 0.2) is 18.2 Å². The van der Waals surface area contributed by atoms with Crippen LogP contribution >= 0.6 is 0 Å². The standard InChI is InChI=1S/C13H19NO/c1-2-8-15-10-12-5-3-4-11-6-7-14-9-13(11)12/h3-5,14H,2,6-10H2,1H3. The molecule has 0 aliphatic carbocycles. The summed E-state index contributed by atoms with van der Waals surface area (Å²) in [4.78, 5) is 0. The zero-order chi connectivity index (χ0) is 10.5. The molecule has 0 bridgehead atoms. The Morgan fingerprint density at radius 2 is 2.33 bits per heavy atom. The Morgan fingerprint density at radius 3 is 3.20 bits per heavy atom. The molecule has 1 heterocycles. The molecule has 0 saturated heterocycles. The lowest BCUT2D eigenvalue weighted by atomic mass is 9.96. The van der Waals surface area contributed by atoms with E-state index < -0.39 is 0 Å². The van der Waals surface area contributed by atoms with Gasteiger partial charge in [-0.1, -0.05) is 25.1 Å². The highest BCUT2D eigenvalue weighted by Crippen LogP contribution is 2.19. The maximum absolute atomic E-state index is 5.61. The van der Waals surface area contributed by atoms with Crippen molar-refractivity contribution in [3.05, 3.63) is 34.9 Å². The molecule has 2 rings (SSSR count). The van der Waals surface area contributed by atoms with Crippen molar-refractivity contribution in [2.24, 2.45) is 0 Å². The molecule has 0 saturated carbocycles. The quantitative estimate of drug-likeness (QED) is 0.761. The van der Waals surface area contributed by atoms with Crippen molar-refractivity contribution in [3.8, 4) is 0 Å². The van der Waals surface area contributed by atoms with Gasteiger partial charge in [0.2, 0.25) is 0 Å². The fourth-order valence-corrected chi connectivity index (χ4v) is 2.05. The minimum atomic E-state index is 0.763. The second-order valence-electron chi connectivity index (χ2n) is 4.03. The van der Waals surface area contributed by atoms with Crippen molar-refractivity contribution in [1.29, 1.82) is 0 Å². The molecule has 2 heteroatoms. The molecule has 0 atom stereocenters. The van der Waals surface area contributed by atoms with Crippen LogP contribution in [0.1, 0.15) is 30.0 Å². The summed E-state index contributed by atoms with van der Waals surface area (Å²) in [5.41, 5.74) is 4.30. The Labute approximate surface area is 91.6 Å². The molecule has 0 spiro atoms. The predicted molar refractivity (Wildman–Crippen MR) is 61.8 cm³/mol. The first-order chi connectivity index (χ1) is 7.42. The van der Waals surface area contributed by atoms with E-state index in [9.17, 15) is 0 Å². The van der Waals surface area contributed by atoms with Crippen LogP contribution in [0.2, 0.25) is 0 Å². The van der Waals surface area contributed by atoms with Crippen molar-refractivity contribution < 1.29 is 4.74 Å². The minimum absolute atomic E-state index is 0.763. The number of fused-ring (bicyclic) bond motifs is 1. The maximum atomic E-state index is 5.61. The lowest BCUT2D eigenvalue weighted by Gasteiger charge is -2.20. The van der Waals surface area contributed by atoms with Crippen LogP contribution in [-0.4, -0.2) is 13.2 Å². The molecule has 1 aliphatic rings. The average Bonchev–Trinajstić information content (AvgIpc) is 2.30. The SMILES string of the molecule is CCCOCc1cccc2c1CNCC2. The van der Waals surface area contributed by atoms with Crippen molar-refractivity contribution in [2.45, 2.75) is 32.9 Å². The summed E-state index contributed by atoms with van der Waals surface area (Å²) in [5, 5.41) is 3.42. The van der Waals surface area contributed by atoms with Gasteiger partial charge in [-0.25, -0.2) is 0 Å². The van der Waals surface area contributed by atoms with Gasteiger partial charge in [-0.05, 0) is 36.1 Å². The average molecular weight is 205 g/mol. The summed E-state index contributed by atoms with van der Waals surface area (Å²) in [5.74, 6) is 0. The summed E-state index contributed by atoms with van der Waals surface area (Å²) in [6.45, 7) is 5.87. The first-order valence-electron chi connectivity index (χ1n) is 5.80. The number of ether oxygens (including phenoxy) is 1. The Bertz CT molecular complexity index is 322. The zero-order valence-corrected chi connectivity index (χ0v) is 9.38. The van der Waals surface area contributed by atoms with Gasteiger partial charge in [0.25, 0.3) is 0 Å². The van der Waals surface area contributed by atoms with Crippen molar-refractivity contribution in [1.82, 2.24) is 5.32 Å². The van der Waals surface area contributed by atoms with E-state index in [1.54, 1.807) is 0 Å².